The molecule has 2 aromatic rings. The number of carbonyl (C=O) groups is 1. The van der Waals surface area contributed by atoms with Crippen molar-refractivity contribution < 1.29 is 4.79 Å². The summed E-state index contributed by atoms with van der Waals surface area (Å²) in [4.78, 5) is 12.0. The predicted octanol–water partition coefficient (Wildman–Crippen LogP) is 1.84. The highest BCUT2D eigenvalue weighted by molar-refractivity contribution is 6.03. The van der Waals surface area contributed by atoms with Gasteiger partial charge in [-0.25, -0.2) is 0 Å². The Bertz CT molecular complexity index is 635. The van der Waals surface area contributed by atoms with Crippen molar-refractivity contribution in [2.45, 2.75) is 0 Å². The lowest BCUT2D eigenvalue weighted by Crippen LogP contribution is -2.15. The van der Waals surface area contributed by atoms with Crippen molar-refractivity contribution in [1.29, 1.82) is 0 Å². The van der Waals surface area contributed by atoms with E-state index in [-0.39, 0.29) is 5.91 Å². The lowest BCUT2D eigenvalue weighted by atomic mass is 10.2. The summed E-state index contributed by atoms with van der Waals surface area (Å²) in [5.41, 5.74) is 8.07. The summed E-state index contributed by atoms with van der Waals surface area (Å²) in [6.45, 7) is 0. The van der Waals surface area contributed by atoms with Gasteiger partial charge in [0.1, 0.15) is 5.69 Å². The molecule has 3 N–H and O–H groups in total. The number of hydrogen-bond donors (Lipinski definition) is 2. The number of rotatable bonds is 2. The van der Waals surface area contributed by atoms with Crippen molar-refractivity contribution in [3.8, 4) is 12.3 Å². The molecule has 2 rings (SSSR count). The van der Waals surface area contributed by atoms with Crippen LogP contribution in [0, 0.1) is 12.3 Å². The molecule has 0 bridgehead atoms. The van der Waals surface area contributed by atoms with Crippen LogP contribution in [0.2, 0.25) is 0 Å². The van der Waals surface area contributed by atoms with Gasteiger partial charge in [-0.05, 0) is 24.3 Å². The summed E-state index contributed by atoms with van der Waals surface area (Å²) in [7, 11) is 1.77. The zero-order valence-corrected chi connectivity index (χ0v) is 9.97. The summed E-state index contributed by atoms with van der Waals surface area (Å²) in [6.07, 6.45) is 6.99. The number of carbonyl (C=O) groups excluding carboxylic acids is 1. The fraction of sp³-hybridized carbons (Fsp3) is 0.0714. The van der Waals surface area contributed by atoms with E-state index in [1.54, 1.807) is 48.1 Å². The third-order valence-electron chi connectivity index (χ3n) is 2.55. The lowest BCUT2D eigenvalue weighted by molar-refractivity contribution is 0.101. The molecule has 0 saturated heterocycles. The van der Waals surface area contributed by atoms with E-state index in [0.29, 0.717) is 17.1 Å². The Labute approximate surface area is 105 Å². The Kier molecular flexibility index (Phi) is 3.07. The highest BCUT2D eigenvalue weighted by atomic mass is 16.1. The number of nitrogens with two attached hydrogens (primary N) is 1. The fourth-order valence-electron chi connectivity index (χ4n) is 1.70. The molecule has 4 heteroatoms. The second kappa shape index (κ2) is 4.68. The van der Waals surface area contributed by atoms with Crippen molar-refractivity contribution in [3.63, 3.8) is 0 Å². The number of nitrogens with one attached hydrogen (secondary N) is 1. The van der Waals surface area contributed by atoms with Crippen LogP contribution in [0.1, 0.15) is 16.1 Å². The average Bonchev–Trinajstić information content (AvgIpc) is 2.69. The van der Waals surface area contributed by atoms with Gasteiger partial charge in [-0.3, -0.25) is 4.79 Å². The summed E-state index contributed by atoms with van der Waals surface area (Å²) < 4.78 is 1.68. The third-order valence-corrected chi connectivity index (χ3v) is 2.55. The lowest BCUT2D eigenvalue weighted by Gasteiger charge is -2.06. The number of terminal acetylenes is 1. The van der Waals surface area contributed by atoms with Crippen molar-refractivity contribution in [2.75, 3.05) is 11.1 Å². The van der Waals surface area contributed by atoms with E-state index in [0.717, 1.165) is 5.56 Å². The number of anilines is 2. The molecule has 90 valence electrons. The average molecular weight is 239 g/mol. The largest absolute Gasteiger partial charge is 0.397 e. The van der Waals surface area contributed by atoms with Gasteiger partial charge in [-0.1, -0.05) is 12.0 Å². The number of aromatic nitrogens is 1. The van der Waals surface area contributed by atoms with E-state index in [1.807, 2.05) is 0 Å². The van der Waals surface area contributed by atoms with Gasteiger partial charge in [0.15, 0.2) is 0 Å². The molecule has 0 aliphatic heterocycles. The van der Waals surface area contributed by atoms with Gasteiger partial charge in [0.05, 0.1) is 5.69 Å². The molecule has 1 heterocycles. The Morgan fingerprint density at radius 1 is 1.44 bits per heavy atom. The van der Waals surface area contributed by atoms with Crippen LogP contribution in [0.25, 0.3) is 0 Å². The smallest absolute Gasteiger partial charge is 0.272 e. The minimum Gasteiger partial charge on any atom is -0.397 e. The van der Waals surface area contributed by atoms with Crippen molar-refractivity contribution in [2.24, 2.45) is 7.05 Å². The van der Waals surface area contributed by atoms with E-state index >= 15 is 0 Å². The molecule has 0 aliphatic rings. The number of nitrogens with zero attached hydrogens (tertiary/aromatic N) is 1. The molecule has 18 heavy (non-hydrogen) atoms. The predicted molar refractivity (Wildman–Crippen MR) is 72.2 cm³/mol. The van der Waals surface area contributed by atoms with Crippen LogP contribution in [0.15, 0.2) is 36.5 Å². The number of amides is 1. The molecule has 0 saturated carbocycles. The topological polar surface area (TPSA) is 60.1 Å². The zero-order chi connectivity index (χ0) is 13.1. The van der Waals surface area contributed by atoms with Gasteiger partial charge in [0.2, 0.25) is 0 Å². The molecule has 1 aromatic heterocycles. The summed E-state index contributed by atoms with van der Waals surface area (Å²) in [6, 6.07) is 8.75. The molecule has 4 nitrogen and oxygen atoms in total. The highest BCUT2D eigenvalue weighted by Crippen LogP contribution is 2.14. The van der Waals surface area contributed by atoms with Gasteiger partial charge in [0.25, 0.3) is 5.91 Å². The minimum absolute atomic E-state index is 0.219. The molecule has 0 unspecified atom stereocenters. The Morgan fingerprint density at radius 3 is 2.83 bits per heavy atom. The van der Waals surface area contributed by atoms with Gasteiger partial charge >= 0.3 is 0 Å². The number of aryl methyl sites for hydroxylation is 1. The minimum atomic E-state index is -0.219. The monoisotopic (exact) mass is 239 g/mol. The Balaban J connectivity index is 2.21. The third kappa shape index (κ3) is 2.36. The second-order valence-corrected chi connectivity index (χ2v) is 3.95. The van der Waals surface area contributed by atoms with E-state index < -0.39 is 0 Å². The normalized spacial score (nSPS) is 9.78. The van der Waals surface area contributed by atoms with E-state index in [9.17, 15) is 4.79 Å². The maximum absolute atomic E-state index is 12.0. The molecule has 1 aromatic carbocycles. The van der Waals surface area contributed by atoms with E-state index in [4.69, 9.17) is 12.2 Å². The first-order valence-electron chi connectivity index (χ1n) is 5.40. The van der Waals surface area contributed by atoms with Crippen molar-refractivity contribution in [3.05, 3.63) is 47.8 Å². The van der Waals surface area contributed by atoms with Crippen LogP contribution in [0.3, 0.4) is 0 Å². The van der Waals surface area contributed by atoms with Crippen LogP contribution < -0.4 is 11.1 Å². The molecule has 0 radical (unpaired) electrons. The second-order valence-electron chi connectivity index (χ2n) is 3.95. The van der Waals surface area contributed by atoms with Crippen molar-refractivity contribution >= 4 is 17.3 Å². The number of nitrogen functional groups attached to an aromatic ring is 1. The first-order chi connectivity index (χ1) is 8.60. The molecule has 0 aliphatic carbocycles. The van der Waals surface area contributed by atoms with Crippen LogP contribution in [0.4, 0.5) is 11.4 Å². The maximum atomic E-state index is 12.0. The van der Waals surface area contributed by atoms with Crippen LogP contribution in [-0.4, -0.2) is 10.5 Å². The van der Waals surface area contributed by atoms with Gasteiger partial charge in [0, 0.05) is 24.5 Å². The Morgan fingerprint density at radius 2 is 2.22 bits per heavy atom. The molecule has 0 fully saturated rings. The van der Waals surface area contributed by atoms with Crippen molar-refractivity contribution in [1.82, 2.24) is 4.57 Å². The number of hydrogen-bond acceptors (Lipinski definition) is 2. The van der Waals surface area contributed by atoms with Gasteiger partial charge in [-0.15, -0.1) is 6.42 Å². The molecular formula is C14H13N3O. The van der Waals surface area contributed by atoms with E-state index in [2.05, 4.69) is 11.2 Å². The SMILES string of the molecule is C#Cc1cccc(NC(=O)c2cc(N)cn2C)c1. The highest BCUT2D eigenvalue weighted by Gasteiger charge is 2.10. The summed E-state index contributed by atoms with van der Waals surface area (Å²) >= 11 is 0. The summed E-state index contributed by atoms with van der Waals surface area (Å²) in [5.74, 6) is 2.30. The first-order valence-corrected chi connectivity index (χ1v) is 5.40. The van der Waals surface area contributed by atoms with Crippen LogP contribution in [-0.2, 0) is 7.05 Å². The van der Waals surface area contributed by atoms with Gasteiger partial charge < -0.3 is 15.6 Å². The molecule has 1 amide bonds. The maximum Gasteiger partial charge on any atom is 0.272 e. The van der Waals surface area contributed by atoms with Gasteiger partial charge in [-0.2, -0.15) is 0 Å². The molecular weight excluding hydrogens is 226 g/mol. The number of benzene rings is 1. The first kappa shape index (κ1) is 11.8. The quantitative estimate of drug-likeness (QED) is 0.785. The summed E-state index contributed by atoms with van der Waals surface area (Å²) in [5, 5.41) is 2.78. The van der Waals surface area contributed by atoms with Crippen LogP contribution >= 0.6 is 0 Å². The van der Waals surface area contributed by atoms with E-state index in [1.165, 1.54) is 0 Å². The Hall–Kier alpha value is -2.67. The standard InChI is InChI=1S/C14H13N3O/c1-3-10-5-4-6-12(7-10)16-14(18)13-8-11(15)9-17(13)2/h1,4-9H,15H2,2H3,(H,16,18). The van der Waals surface area contributed by atoms with Crippen LogP contribution in [0.5, 0.6) is 0 Å². The zero-order valence-electron chi connectivity index (χ0n) is 9.97. The molecule has 0 atom stereocenters. The molecule has 0 spiro atoms. The fourth-order valence-corrected chi connectivity index (χ4v) is 1.70.